The minimum Gasteiger partial charge on any atom is -0.465 e. The van der Waals surface area contributed by atoms with Gasteiger partial charge in [0.15, 0.2) is 5.78 Å². The summed E-state index contributed by atoms with van der Waals surface area (Å²) >= 11 is 0. The van der Waals surface area contributed by atoms with Gasteiger partial charge in [0.1, 0.15) is 0 Å². The van der Waals surface area contributed by atoms with Crippen molar-refractivity contribution in [2.75, 3.05) is 0 Å². The van der Waals surface area contributed by atoms with Crippen molar-refractivity contribution in [3.8, 4) is 0 Å². The van der Waals surface area contributed by atoms with Crippen LogP contribution in [0, 0.1) is 5.92 Å². The standard InChI is InChI=1S/C12H21NO3/c1-5-9(10(14)8-6-7-8)13(11(15)16)12(2,3)4/h8-9H,5-7H2,1-4H3,(H,15,16)/t9-/m0/s1. The molecule has 1 N–H and O–H groups in total. The summed E-state index contributed by atoms with van der Waals surface area (Å²) in [5, 5.41) is 9.24. The van der Waals surface area contributed by atoms with E-state index in [1.807, 2.05) is 27.7 Å². The van der Waals surface area contributed by atoms with Gasteiger partial charge in [-0.15, -0.1) is 0 Å². The van der Waals surface area contributed by atoms with Crippen LogP contribution < -0.4 is 0 Å². The van der Waals surface area contributed by atoms with Crippen LogP contribution in [0.4, 0.5) is 4.79 Å². The molecule has 1 aliphatic rings. The molecule has 0 spiro atoms. The van der Waals surface area contributed by atoms with E-state index in [0.29, 0.717) is 6.42 Å². The minimum absolute atomic E-state index is 0.0971. The SMILES string of the molecule is CC[C@@H](C(=O)C1CC1)N(C(=O)O)C(C)(C)C. The number of Topliss-reactive ketones (excluding diaryl/α,β-unsaturated/α-hetero) is 1. The van der Waals surface area contributed by atoms with E-state index >= 15 is 0 Å². The number of rotatable bonds is 4. The largest absolute Gasteiger partial charge is 0.465 e. The topological polar surface area (TPSA) is 57.6 Å². The van der Waals surface area contributed by atoms with Gasteiger partial charge in [0.25, 0.3) is 0 Å². The highest BCUT2D eigenvalue weighted by Crippen LogP contribution is 2.34. The van der Waals surface area contributed by atoms with Crippen molar-refractivity contribution in [3.63, 3.8) is 0 Å². The molecule has 0 aromatic heterocycles. The maximum Gasteiger partial charge on any atom is 0.408 e. The number of hydrogen-bond donors (Lipinski definition) is 1. The van der Waals surface area contributed by atoms with Gasteiger partial charge in [-0.3, -0.25) is 9.69 Å². The lowest BCUT2D eigenvalue weighted by Gasteiger charge is -2.38. The van der Waals surface area contributed by atoms with E-state index in [2.05, 4.69) is 0 Å². The lowest BCUT2D eigenvalue weighted by molar-refractivity contribution is -0.126. The average molecular weight is 227 g/mol. The van der Waals surface area contributed by atoms with Crippen LogP contribution in [0.3, 0.4) is 0 Å². The molecule has 0 aliphatic heterocycles. The van der Waals surface area contributed by atoms with E-state index in [1.54, 1.807) is 0 Å². The Hall–Kier alpha value is -1.06. The molecule has 4 nitrogen and oxygen atoms in total. The van der Waals surface area contributed by atoms with Gasteiger partial charge >= 0.3 is 6.09 Å². The Labute approximate surface area is 96.6 Å². The van der Waals surface area contributed by atoms with Crippen molar-refractivity contribution in [1.29, 1.82) is 0 Å². The second-order valence-electron chi connectivity index (χ2n) is 5.42. The lowest BCUT2D eigenvalue weighted by atomic mass is 9.97. The first-order valence-electron chi connectivity index (χ1n) is 5.85. The number of hydrogen-bond acceptors (Lipinski definition) is 2. The Morgan fingerprint density at radius 1 is 1.38 bits per heavy atom. The summed E-state index contributed by atoms with van der Waals surface area (Å²) < 4.78 is 0. The number of nitrogens with zero attached hydrogens (tertiary/aromatic N) is 1. The molecule has 1 amide bonds. The third kappa shape index (κ3) is 2.74. The molecule has 92 valence electrons. The van der Waals surface area contributed by atoms with Crippen molar-refractivity contribution < 1.29 is 14.7 Å². The zero-order valence-corrected chi connectivity index (χ0v) is 10.5. The summed E-state index contributed by atoms with van der Waals surface area (Å²) in [6.07, 6.45) is 1.40. The van der Waals surface area contributed by atoms with Gasteiger partial charge in [-0.05, 0) is 40.0 Å². The highest BCUT2D eigenvalue weighted by atomic mass is 16.4. The molecule has 0 saturated heterocycles. The molecule has 16 heavy (non-hydrogen) atoms. The normalized spacial score (nSPS) is 18.0. The van der Waals surface area contributed by atoms with Gasteiger partial charge in [-0.1, -0.05) is 6.92 Å². The Morgan fingerprint density at radius 2 is 1.88 bits per heavy atom. The van der Waals surface area contributed by atoms with Gasteiger partial charge < -0.3 is 5.11 Å². The molecule has 4 heteroatoms. The zero-order chi connectivity index (χ0) is 12.5. The van der Waals surface area contributed by atoms with Crippen LogP contribution in [0.25, 0.3) is 0 Å². The minimum atomic E-state index is -1.01. The molecule has 0 radical (unpaired) electrons. The van der Waals surface area contributed by atoms with Gasteiger partial charge in [0, 0.05) is 11.5 Å². The van der Waals surface area contributed by atoms with Crippen molar-refractivity contribution in [2.45, 2.75) is 58.5 Å². The molecule has 0 bridgehead atoms. The predicted octanol–water partition coefficient (Wildman–Crippen LogP) is 2.52. The molecular weight excluding hydrogens is 206 g/mol. The first-order valence-corrected chi connectivity index (χ1v) is 5.85. The summed E-state index contributed by atoms with van der Waals surface area (Å²) in [5.74, 6) is 0.203. The fourth-order valence-electron chi connectivity index (χ4n) is 2.04. The number of amides is 1. The summed E-state index contributed by atoms with van der Waals surface area (Å²) in [6, 6.07) is -0.481. The van der Waals surface area contributed by atoms with Gasteiger partial charge in [-0.2, -0.15) is 0 Å². The quantitative estimate of drug-likeness (QED) is 0.802. The van der Waals surface area contributed by atoms with Crippen LogP contribution in [0.5, 0.6) is 0 Å². The molecule has 0 aromatic rings. The van der Waals surface area contributed by atoms with Crippen molar-refractivity contribution in [3.05, 3.63) is 0 Å². The van der Waals surface area contributed by atoms with E-state index in [9.17, 15) is 14.7 Å². The first-order chi connectivity index (χ1) is 7.29. The first kappa shape index (κ1) is 13.0. The fourth-order valence-corrected chi connectivity index (χ4v) is 2.04. The summed E-state index contributed by atoms with van der Waals surface area (Å²) in [5.41, 5.74) is -0.531. The van der Waals surface area contributed by atoms with Crippen LogP contribution >= 0.6 is 0 Å². The Morgan fingerprint density at radius 3 is 2.12 bits per heavy atom. The highest BCUT2D eigenvalue weighted by Gasteiger charge is 2.41. The number of carbonyl (C=O) groups is 2. The predicted molar refractivity (Wildman–Crippen MR) is 61.4 cm³/mol. The van der Waals surface area contributed by atoms with E-state index in [1.165, 1.54) is 4.90 Å². The zero-order valence-electron chi connectivity index (χ0n) is 10.5. The molecule has 1 atom stereocenters. The Bertz CT molecular complexity index is 289. The van der Waals surface area contributed by atoms with Crippen LogP contribution in [0.2, 0.25) is 0 Å². The summed E-state index contributed by atoms with van der Waals surface area (Å²) in [6.45, 7) is 7.34. The summed E-state index contributed by atoms with van der Waals surface area (Å²) in [7, 11) is 0. The Kier molecular flexibility index (Phi) is 3.61. The maximum atomic E-state index is 12.0. The molecule has 1 aliphatic carbocycles. The van der Waals surface area contributed by atoms with Crippen molar-refractivity contribution >= 4 is 11.9 Å². The van der Waals surface area contributed by atoms with E-state index in [-0.39, 0.29) is 11.7 Å². The lowest BCUT2D eigenvalue weighted by Crippen LogP contribution is -2.54. The smallest absolute Gasteiger partial charge is 0.408 e. The van der Waals surface area contributed by atoms with Crippen LogP contribution in [-0.2, 0) is 4.79 Å². The monoisotopic (exact) mass is 227 g/mol. The molecule has 1 fully saturated rings. The maximum absolute atomic E-state index is 12.0. The summed E-state index contributed by atoms with van der Waals surface area (Å²) in [4.78, 5) is 24.6. The second kappa shape index (κ2) is 4.44. The number of carbonyl (C=O) groups excluding carboxylic acids is 1. The second-order valence-corrected chi connectivity index (χ2v) is 5.42. The highest BCUT2D eigenvalue weighted by molar-refractivity contribution is 5.90. The van der Waals surface area contributed by atoms with Crippen molar-refractivity contribution in [1.82, 2.24) is 4.90 Å². The van der Waals surface area contributed by atoms with Gasteiger partial charge in [0.2, 0.25) is 0 Å². The molecule has 0 aromatic carbocycles. The van der Waals surface area contributed by atoms with E-state index in [0.717, 1.165) is 12.8 Å². The third-order valence-corrected chi connectivity index (χ3v) is 2.94. The third-order valence-electron chi connectivity index (χ3n) is 2.94. The van der Waals surface area contributed by atoms with Gasteiger partial charge in [-0.25, -0.2) is 4.79 Å². The van der Waals surface area contributed by atoms with Gasteiger partial charge in [0.05, 0.1) is 6.04 Å². The molecule has 1 rings (SSSR count). The molecule has 1 saturated carbocycles. The number of ketones is 1. The van der Waals surface area contributed by atoms with Crippen LogP contribution in [0.15, 0.2) is 0 Å². The Balaban J connectivity index is 2.89. The van der Waals surface area contributed by atoms with Crippen LogP contribution in [-0.4, -0.2) is 33.5 Å². The van der Waals surface area contributed by atoms with Crippen molar-refractivity contribution in [2.24, 2.45) is 5.92 Å². The average Bonchev–Trinajstić information content (AvgIpc) is 2.92. The number of carboxylic acid groups (broad SMARTS) is 1. The van der Waals surface area contributed by atoms with Crippen LogP contribution in [0.1, 0.15) is 47.0 Å². The molecule has 0 heterocycles. The molecule has 0 unspecified atom stereocenters. The fraction of sp³-hybridized carbons (Fsp3) is 0.833. The van der Waals surface area contributed by atoms with E-state index < -0.39 is 17.7 Å². The van der Waals surface area contributed by atoms with E-state index in [4.69, 9.17) is 0 Å². The molecular formula is C12H21NO3.